The zero-order valence-electron chi connectivity index (χ0n) is 10.7. The molecule has 0 unspecified atom stereocenters. The first-order valence-electron chi connectivity index (χ1n) is 5.69. The molecule has 2 aromatic rings. The third kappa shape index (κ3) is 3.07. The first-order valence-corrected chi connectivity index (χ1v) is 5.69. The number of carboxylic acids is 1. The average Bonchev–Trinajstić information content (AvgIpc) is 2.78. The van der Waals surface area contributed by atoms with Gasteiger partial charge < -0.3 is 19.0 Å². The number of ether oxygens (including phenoxy) is 2. The van der Waals surface area contributed by atoms with Crippen molar-refractivity contribution in [1.82, 2.24) is 0 Å². The number of carboxylic acid groups (broad SMARTS) is 1. The monoisotopic (exact) mass is 262 g/mol. The van der Waals surface area contributed by atoms with Gasteiger partial charge in [-0.3, -0.25) is 0 Å². The van der Waals surface area contributed by atoms with Crippen LogP contribution < -0.4 is 9.47 Å². The predicted molar refractivity (Wildman–Crippen MR) is 67.7 cm³/mol. The molecule has 5 heteroatoms. The molecule has 1 heterocycles. The molecule has 0 spiro atoms. The quantitative estimate of drug-likeness (QED) is 0.897. The van der Waals surface area contributed by atoms with Gasteiger partial charge in [0.2, 0.25) is 5.76 Å². The second-order valence-corrected chi connectivity index (χ2v) is 3.99. The number of furan rings is 1. The summed E-state index contributed by atoms with van der Waals surface area (Å²) in [5, 5.41) is 8.87. The maximum atomic E-state index is 10.8. The lowest BCUT2D eigenvalue weighted by atomic mass is 10.2. The standard InChI is InChI=1S/C14H14O5/c1-9-7-12(19-13(9)14(15)16)8-18-11-5-3-10(17-2)4-6-11/h3-7H,8H2,1-2H3,(H,15,16). The van der Waals surface area contributed by atoms with E-state index in [0.29, 0.717) is 17.1 Å². The van der Waals surface area contributed by atoms with E-state index in [9.17, 15) is 4.79 Å². The molecular formula is C14H14O5. The van der Waals surface area contributed by atoms with Gasteiger partial charge in [-0.1, -0.05) is 0 Å². The molecule has 1 N–H and O–H groups in total. The van der Waals surface area contributed by atoms with Gasteiger partial charge in [0.1, 0.15) is 23.9 Å². The van der Waals surface area contributed by atoms with Crippen molar-refractivity contribution in [2.45, 2.75) is 13.5 Å². The molecule has 0 fully saturated rings. The normalized spacial score (nSPS) is 10.2. The molecule has 100 valence electrons. The Morgan fingerprint density at radius 2 is 1.89 bits per heavy atom. The van der Waals surface area contributed by atoms with E-state index in [1.807, 2.05) is 0 Å². The highest BCUT2D eigenvalue weighted by Gasteiger charge is 2.14. The molecule has 0 aliphatic rings. The minimum Gasteiger partial charge on any atom is -0.497 e. The van der Waals surface area contributed by atoms with Crippen molar-refractivity contribution in [1.29, 1.82) is 0 Å². The van der Waals surface area contributed by atoms with Gasteiger partial charge in [0.05, 0.1) is 7.11 Å². The Kier molecular flexibility index (Phi) is 3.75. The van der Waals surface area contributed by atoms with E-state index in [4.69, 9.17) is 19.0 Å². The molecule has 1 aromatic carbocycles. The zero-order valence-corrected chi connectivity index (χ0v) is 10.7. The Labute approximate surface area is 110 Å². The van der Waals surface area contributed by atoms with Crippen molar-refractivity contribution in [3.63, 3.8) is 0 Å². The average molecular weight is 262 g/mol. The number of aromatic carboxylic acids is 1. The highest BCUT2D eigenvalue weighted by atomic mass is 16.5. The van der Waals surface area contributed by atoms with Gasteiger partial charge in [0, 0.05) is 5.56 Å². The fourth-order valence-corrected chi connectivity index (χ4v) is 1.66. The minimum absolute atomic E-state index is 0.0478. The van der Waals surface area contributed by atoms with Crippen molar-refractivity contribution in [2.24, 2.45) is 0 Å². The van der Waals surface area contributed by atoms with Gasteiger partial charge in [-0.25, -0.2) is 4.79 Å². The van der Waals surface area contributed by atoms with Crippen molar-refractivity contribution in [3.05, 3.63) is 47.4 Å². The van der Waals surface area contributed by atoms with E-state index < -0.39 is 5.97 Å². The second-order valence-electron chi connectivity index (χ2n) is 3.99. The van der Waals surface area contributed by atoms with E-state index >= 15 is 0 Å². The summed E-state index contributed by atoms with van der Waals surface area (Å²) >= 11 is 0. The second kappa shape index (κ2) is 5.48. The molecular weight excluding hydrogens is 248 g/mol. The summed E-state index contributed by atoms with van der Waals surface area (Å²) in [4.78, 5) is 10.8. The zero-order chi connectivity index (χ0) is 13.8. The molecule has 1 aromatic heterocycles. The SMILES string of the molecule is COc1ccc(OCc2cc(C)c(C(=O)O)o2)cc1. The summed E-state index contributed by atoms with van der Waals surface area (Å²) < 4.78 is 15.7. The summed E-state index contributed by atoms with van der Waals surface area (Å²) in [5.41, 5.74) is 0.584. The fourth-order valence-electron chi connectivity index (χ4n) is 1.66. The minimum atomic E-state index is -1.08. The summed E-state index contributed by atoms with van der Waals surface area (Å²) in [6.45, 7) is 1.87. The molecule has 0 saturated carbocycles. The van der Waals surface area contributed by atoms with Gasteiger partial charge >= 0.3 is 5.97 Å². The van der Waals surface area contributed by atoms with E-state index in [1.165, 1.54) is 0 Å². The molecule has 0 atom stereocenters. The van der Waals surface area contributed by atoms with Crippen molar-refractivity contribution < 1.29 is 23.8 Å². The van der Waals surface area contributed by atoms with Gasteiger partial charge in [-0.2, -0.15) is 0 Å². The lowest BCUT2D eigenvalue weighted by Gasteiger charge is -2.05. The third-order valence-electron chi connectivity index (χ3n) is 2.60. The molecule has 0 aliphatic heterocycles. The van der Waals surface area contributed by atoms with Crippen LogP contribution in [0, 0.1) is 6.92 Å². The molecule has 2 rings (SSSR count). The Balaban J connectivity index is 2.01. The predicted octanol–water partition coefficient (Wildman–Crippen LogP) is 2.87. The Hall–Kier alpha value is -2.43. The maximum absolute atomic E-state index is 10.8. The lowest BCUT2D eigenvalue weighted by Crippen LogP contribution is -1.96. The summed E-state index contributed by atoms with van der Waals surface area (Å²) in [5.74, 6) is 0.758. The molecule has 0 bridgehead atoms. The van der Waals surface area contributed by atoms with Crippen molar-refractivity contribution in [2.75, 3.05) is 7.11 Å². The third-order valence-corrected chi connectivity index (χ3v) is 2.60. The van der Waals surface area contributed by atoms with Crippen molar-refractivity contribution >= 4 is 5.97 Å². The van der Waals surface area contributed by atoms with Crippen LogP contribution in [0.25, 0.3) is 0 Å². The van der Waals surface area contributed by atoms with E-state index in [1.54, 1.807) is 44.4 Å². The Bertz CT molecular complexity index is 568. The number of methoxy groups -OCH3 is 1. The van der Waals surface area contributed by atoms with Crippen LogP contribution in [0.4, 0.5) is 0 Å². The largest absolute Gasteiger partial charge is 0.497 e. The van der Waals surface area contributed by atoms with Gasteiger partial charge in [0.15, 0.2) is 0 Å². The molecule has 5 nitrogen and oxygen atoms in total. The first-order chi connectivity index (χ1) is 9.10. The van der Waals surface area contributed by atoms with Crippen LogP contribution in [0.15, 0.2) is 34.7 Å². The number of hydrogen-bond donors (Lipinski definition) is 1. The number of carbonyl (C=O) groups is 1. The number of hydrogen-bond acceptors (Lipinski definition) is 4. The van der Waals surface area contributed by atoms with Crippen molar-refractivity contribution in [3.8, 4) is 11.5 Å². The molecule has 0 aliphatic carbocycles. The highest BCUT2D eigenvalue weighted by Crippen LogP contribution is 2.20. The highest BCUT2D eigenvalue weighted by molar-refractivity contribution is 5.86. The van der Waals surface area contributed by atoms with Crippen LogP contribution in [0.1, 0.15) is 21.9 Å². The molecule has 0 radical (unpaired) electrons. The van der Waals surface area contributed by atoms with Crippen LogP contribution in [-0.4, -0.2) is 18.2 Å². The number of rotatable bonds is 5. The summed E-state index contributed by atoms with van der Waals surface area (Å²) in [7, 11) is 1.59. The molecule has 0 amide bonds. The number of aryl methyl sites for hydroxylation is 1. The van der Waals surface area contributed by atoms with E-state index in [0.717, 1.165) is 5.75 Å². The smallest absolute Gasteiger partial charge is 0.372 e. The van der Waals surface area contributed by atoms with Gasteiger partial charge in [-0.05, 0) is 37.3 Å². The summed E-state index contributed by atoms with van der Waals surface area (Å²) in [6.07, 6.45) is 0. The van der Waals surface area contributed by atoms with Gasteiger partial charge in [0.25, 0.3) is 0 Å². The van der Waals surface area contributed by atoms with Crippen LogP contribution in [-0.2, 0) is 6.61 Å². The maximum Gasteiger partial charge on any atom is 0.372 e. The van der Waals surface area contributed by atoms with Gasteiger partial charge in [-0.15, -0.1) is 0 Å². The van der Waals surface area contributed by atoms with E-state index in [-0.39, 0.29) is 12.4 Å². The summed E-state index contributed by atoms with van der Waals surface area (Å²) in [6, 6.07) is 8.77. The lowest BCUT2D eigenvalue weighted by molar-refractivity contribution is 0.0657. The molecule has 0 saturated heterocycles. The van der Waals surface area contributed by atoms with Crippen LogP contribution in [0.5, 0.6) is 11.5 Å². The molecule has 19 heavy (non-hydrogen) atoms. The fraction of sp³-hybridized carbons (Fsp3) is 0.214. The Morgan fingerprint density at radius 3 is 2.42 bits per heavy atom. The number of benzene rings is 1. The van der Waals surface area contributed by atoms with Crippen LogP contribution >= 0.6 is 0 Å². The van der Waals surface area contributed by atoms with Crippen LogP contribution in [0.2, 0.25) is 0 Å². The van der Waals surface area contributed by atoms with Crippen LogP contribution in [0.3, 0.4) is 0 Å². The Morgan fingerprint density at radius 1 is 1.26 bits per heavy atom. The first kappa shape index (κ1) is 13.0. The topological polar surface area (TPSA) is 68.9 Å². The van der Waals surface area contributed by atoms with E-state index in [2.05, 4.69) is 0 Å².